The van der Waals surface area contributed by atoms with Gasteiger partial charge in [0.05, 0.1) is 19.3 Å². The molecule has 0 heterocycles. The molecule has 7 heteroatoms. The van der Waals surface area contributed by atoms with Crippen LogP contribution in [0.5, 0.6) is 5.75 Å². The van der Waals surface area contributed by atoms with Crippen molar-refractivity contribution < 1.29 is 18.7 Å². The van der Waals surface area contributed by atoms with Crippen molar-refractivity contribution in [3.05, 3.63) is 53.8 Å². The molecule has 2 N–H and O–H groups in total. The maximum atomic E-state index is 13.2. The number of ether oxygens (including phenoxy) is 1. The maximum Gasteiger partial charge on any atom is 0.253 e. The number of carbonyl (C=O) groups is 2. The molecule has 0 aliphatic rings. The number of carbonyl (C=O) groups excluding carboxylic acids is 2. The predicted octanol–water partition coefficient (Wildman–Crippen LogP) is 2.59. The van der Waals surface area contributed by atoms with E-state index < -0.39 is 5.82 Å². The Labute approximate surface area is 145 Å². The van der Waals surface area contributed by atoms with Crippen molar-refractivity contribution in [2.75, 3.05) is 38.4 Å². The van der Waals surface area contributed by atoms with Crippen LogP contribution in [0.2, 0.25) is 0 Å². The van der Waals surface area contributed by atoms with Crippen LogP contribution in [0.1, 0.15) is 10.4 Å². The summed E-state index contributed by atoms with van der Waals surface area (Å²) in [6.45, 7) is -0.0339. The lowest BCUT2D eigenvalue weighted by atomic mass is 10.2. The molecular formula is C18H20FN3O3. The molecule has 0 fully saturated rings. The SMILES string of the molecule is COc1cc(F)ccc1NCC(=O)Nc1cccc(C(=O)N(C)C)c1. The molecule has 132 valence electrons. The highest BCUT2D eigenvalue weighted by Gasteiger charge is 2.10. The lowest BCUT2D eigenvalue weighted by molar-refractivity contribution is -0.114. The normalized spacial score (nSPS) is 10.1. The van der Waals surface area contributed by atoms with Crippen LogP contribution >= 0.6 is 0 Å². The minimum absolute atomic E-state index is 0.0339. The number of nitrogens with zero attached hydrogens (tertiary/aromatic N) is 1. The molecule has 0 aromatic heterocycles. The van der Waals surface area contributed by atoms with Crippen LogP contribution in [-0.2, 0) is 4.79 Å². The topological polar surface area (TPSA) is 70.7 Å². The summed E-state index contributed by atoms with van der Waals surface area (Å²) < 4.78 is 18.2. The molecule has 0 aliphatic heterocycles. The Bertz CT molecular complexity index is 778. The van der Waals surface area contributed by atoms with Crippen LogP contribution in [0.15, 0.2) is 42.5 Å². The predicted molar refractivity (Wildman–Crippen MR) is 94.5 cm³/mol. The van der Waals surface area contributed by atoms with Crippen LogP contribution in [0.4, 0.5) is 15.8 Å². The molecule has 0 bridgehead atoms. The molecular weight excluding hydrogens is 325 g/mol. The van der Waals surface area contributed by atoms with Gasteiger partial charge in [0, 0.05) is 31.4 Å². The highest BCUT2D eigenvalue weighted by molar-refractivity contribution is 5.98. The van der Waals surface area contributed by atoms with Crippen LogP contribution in [0.25, 0.3) is 0 Å². The smallest absolute Gasteiger partial charge is 0.253 e. The van der Waals surface area contributed by atoms with E-state index in [2.05, 4.69) is 10.6 Å². The van der Waals surface area contributed by atoms with Crippen LogP contribution in [0, 0.1) is 5.82 Å². The highest BCUT2D eigenvalue weighted by Crippen LogP contribution is 2.24. The van der Waals surface area contributed by atoms with Crippen molar-refractivity contribution >= 4 is 23.2 Å². The molecule has 6 nitrogen and oxygen atoms in total. The first-order chi connectivity index (χ1) is 11.9. The number of benzene rings is 2. The van der Waals surface area contributed by atoms with Crippen molar-refractivity contribution in [1.82, 2.24) is 4.90 Å². The molecule has 2 aromatic rings. The summed E-state index contributed by atoms with van der Waals surface area (Å²) in [4.78, 5) is 25.5. The number of nitrogens with one attached hydrogen (secondary N) is 2. The van der Waals surface area contributed by atoms with E-state index in [1.54, 1.807) is 38.4 Å². The fourth-order valence-electron chi connectivity index (χ4n) is 2.18. The second-order valence-corrected chi connectivity index (χ2v) is 5.53. The van der Waals surface area contributed by atoms with E-state index in [-0.39, 0.29) is 18.4 Å². The van der Waals surface area contributed by atoms with E-state index in [9.17, 15) is 14.0 Å². The number of rotatable bonds is 6. The molecule has 0 unspecified atom stereocenters. The average Bonchev–Trinajstić information content (AvgIpc) is 2.60. The fourth-order valence-corrected chi connectivity index (χ4v) is 2.18. The van der Waals surface area contributed by atoms with Crippen LogP contribution in [-0.4, -0.2) is 44.5 Å². The Kier molecular flexibility index (Phi) is 5.94. The summed E-state index contributed by atoms with van der Waals surface area (Å²) in [5.74, 6) is -0.563. The third kappa shape index (κ3) is 4.94. The first kappa shape index (κ1) is 18.3. The van der Waals surface area contributed by atoms with E-state index in [4.69, 9.17) is 4.74 Å². The third-order valence-electron chi connectivity index (χ3n) is 3.40. The van der Waals surface area contributed by atoms with Gasteiger partial charge in [-0.25, -0.2) is 4.39 Å². The van der Waals surface area contributed by atoms with Gasteiger partial charge in [-0.1, -0.05) is 6.07 Å². The number of amides is 2. The minimum atomic E-state index is -0.422. The van der Waals surface area contributed by atoms with Crippen molar-refractivity contribution in [1.29, 1.82) is 0 Å². The van der Waals surface area contributed by atoms with E-state index in [1.165, 1.54) is 30.2 Å². The monoisotopic (exact) mass is 345 g/mol. The van der Waals surface area contributed by atoms with Gasteiger partial charge >= 0.3 is 0 Å². The quantitative estimate of drug-likeness (QED) is 0.844. The average molecular weight is 345 g/mol. The molecule has 2 amide bonds. The highest BCUT2D eigenvalue weighted by atomic mass is 19.1. The third-order valence-corrected chi connectivity index (χ3v) is 3.40. The largest absolute Gasteiger partial charge is 0.494 e. The Balaban J connectivity index is 1.99. The van der Waals surface area contributed by atoms with Crippen molar-refractivity contribution in [2.24, 2.45) is 0 Å². The van der Waals surface area contributed by atoms with E-state index in [0.29, 0.717) is 22.7 Å². The number of anilines is 2. The number of hydrogen-bond acceptors (Lipinski definition) is 4. The minimum Gasteiger partial charge on any atom is -0.494 e. The first-order valence-electron chi connectivity index (χ1n) is 7.59. The van der Waals surface area contributed by atoms with Gasteiger partial charge in [-0.05, 0) is 30.3 Å². The van der Waals surface area contributed by atoms with Gasteiger partial charge in [0.15, 0.2) is 0 Å². The Morgan fingerprint density at radius 1 is 1.16 bits per heavy atom. The zero-order chi connectivity index (χ0) is 18.4. The second-order valence-electron chi connectivity index (χ2n) is 5.53. The number of halogens is 1. The van der Waals surface area contributed by atoms with E-state index >= 15 is 0 Å². The summed E-state index contributed by atoms with van der Waals surface area (Å²) >= 11 is 0. The summed E-state index contributed by atoms with van der Waals surface area (Å²) in [5, 5.41) is 5.60. The van der Waals surface area contributed by atoms with Crippen molar-refractivity contribution in [3.8, 4) is 5.75 Å². The molecule has 0 radical (unpaired) electrons. The summed E-state index contributed by atoms with van der Waals surface area (Å²) in [5.41, 5.74) is 1.51. The van der Waals surface area contributed by atoms with Crippen molar-refractivity contribution in [2.45, 2.75) is 0 Å². The van der Waals surface area contributed by atoms with Gasteiger partial charge in [-0.2, -0.15) is 0 Å². The Hall–Kier alpha value is -3.09. The molecule has 0 atom stereocenters. The van der Waals surface area contributed by atoms with Gasteiger partial charge in [0.25, 0.3) is 5.91 Å². The summed E-state index contributed by atoms with van der Waals surface area (Å²) in [7, 11) is 4.74. The molecule has 0 spiro atoms. The Morgan fingerprint density at radius 2 is 1.92 bits per heavy atom. The van der Waals surface area contributed by atoms with Gasteiger partial charge in [-0.3, -0.25) is 9.59 Å². The lowest BCUT2D eigenvalue weighted by Crippen LogP contribution is -2.23. The first-order valence-corrected chi connectivity index (χ1v) is 7.59. The maximum absolute atomic E-state index is 13.2. The van der Waals surface area contributed by atoms with Gasteiger partial charge in [0.2, 0.25) is 5.91 Å². The molecule has 0 saturated heterocycles. The molecule has 2 rings (SSSR count). The summed E-state index contributed by atoms with van der Waals surface area (Å²) in [6, 6.07) is 10.7. The van der Waals surface area contributed by atoms with Gasteiger partial charge in [0.1, 0.15) is 11.6 Å². The lowest BCUT2D eigenvalue weighted by Gasteiger charge is -2.13. The molecule has 2 aromatic carbocycles. The van der Waals surface area contributed by atoms with Gasteiger partial charge < -0.3 is 20.3 Å². The number of methoxy groups -OCH3 is 1. The van der Waals surface area contributed by atoms with Crippen LogP contribution < -0.4 is 15.4 Å². The fraction of sp³-hybridized carbons (Fsp3) is 0.222. The van der Waals surface area contributed by atoms with Crippen LogP contribution in [0.3, 0.4) is 0 Å². The molecule has 0 saturated carbocycles. The molecule has 25 heavy (non-hydrogen) atoms. The summed E-state index contributed by atoms with van der Waals surface area (Å²) in [6.07, 6.45) is 0. The Morgan fingerprint density at radius 3 is 2.60 bits per heavy atom. The standard InChI is InChI=1S/C18H20FN3O3/c1-22(2)18(24)12-5-4-6-14(9-12)21-17(23)11-20-15-8-7-13(19)10-16(15)25-3/h4-10,20H,11H2,1-3H3,(H,21,23). The second kappa shape index (κ2) is 8.14. The van der Waals surface area contributed by atoms with Gasteiger partial charge in [-0.15, -0.1) is 0 Å². The molecule has 0 aliphatic carbocycles. The van der Waals surface area contributed by atoms with E-state index in [0.717, 1.165) is 0 Å². The zero-order valence-electron chi connectivity index (χ0n) is 14.3. The number of hydrogen-bond donors (Lipinski definition) is 2. The van der Waals surface area contributed by atoms with Crippen molar-refractivity contribution in [3.63, 3.8) is 0 Å². The zero-order valence-corrected chi connectivity index (χ0v) is 14.3. The van der Waals surface area contributed by atoms with E-state index in [1.807, 2.05) is 0 Å².